The number of cyclic esters (lactones) is 1. The van der Waals surface area contributed by atoms with Gasteiger partial charge >= 0.3 is 5.97 Å². The van der Waals surface area contributed by atoms with Crippen molar-refractivity contribution in [2.24, 2.45) is 0 Å². The normalized spacial score (nSPS) is 18.6. The number of fused-ring (bicyclic) bond motifs is 2. The van der Waals surface area contributed by atoms with E-state index in [0.717, 1.165) is 56.8 Å². The van der Waals surface area contributed by atoms with Crippen molar-refractivity contribution in [3.8, 4) is 5.75 Å². The van der Waals surface area contributed by atoms with Gasteiger partial charge in [0.05, 0.1) is 5.56 Å². The predicted molar refractivity (Wildman–Crippen MR) is 164 cm³/mol. The number of nitrogens with one attached hydrogen (secondary N) is 1. The van der Waals surface area contributed by atoms with E-state index in [1.165, 1.54) is 0 Å². The third-order valence-electron chi connectivity index (χ3n) is 8.19. The number of hydrogen-bond acceptors (Lipinski definition) is 5. The number of ether oxygens (including phenoxy) is 2. The van der Waals surface area contributed by atoms with Gasteiger partial charge in [-0.05, 0) is 71.3 Å². The summed E-state index contributed by atoms with van der Waals surface area (Å²) in [6.45, 7) is 7.07. The summed E-state index contributed by atoms with van der Waals surface area (Å²) in [5.74, 6) is 0.413. The van der Waals surface area contributed by atoms with Crippen molar-refractivity contribution in [3.05, 3.63) is 131 Å². The Morgan fingerprint density at radius 2 is 1.71 bits per heavy atom. The van der Waals surface area contributed by atoms with Gasteiger partial charge in [-0.25, -0.2) is 4.79 Å². The van der Waals surface area contributed by atoms with Gasteiger partial charge in [-0.2, -0.15) is 0 Å². The molecule has 2 atom stereocenters. The highest BCUT2D eigenvalue weighted by Gasteiger charge is 2.52. The van der Waals surface area contributed by atoms with Gasteiger partial charge in [0.1, 0.15) is 12.0 Å². The lowest BCUT2D eigenvalue weighted by atomic mass is 9.76. The molecule has 0 saturated carbocycles. The summed E-state index contributed by atoms with van der Waals surface area (Å²) in [6.07, 6.45) is 9.77. The Kier molecular flexibility index (Phi) is 6.80. The lowest BCUT2D eigenvalue weighted by molar-refractivity contribution is 0.0253. The highest BCUT2D eigenvalue weighted by Crippen LogP contribution is 2.53. The van der Waals surface area contributed by atoms with Crippen LogP contribution in [0.4, 0.5) is 0 Å². The Bertz CT molecular complexity index is 1730. The maximum atomic E-state index is 13.8. The average Bonchev–Trinajstić information content (AvgIpc) is 3.27. The summed E-state index contributed by atoms with van der Waals surface area (Å²) in [6, 6.07) is 22.2. The second-order valence-electron chi connectivity index (χ2n) is 10.7. The summed E-state index contributed by atoms with van der Waals surface area (Å²) in [5.41, 5.74) is 6.05. The molecule has 4 aromatic rings. The minimum atomic E-state index is -1.18. The van der Waals surface area contributed by atoms with Crippen LogP contribution in [-0.2, 0) is 16.9 Å². The third-order valence-corrected chi connectivity index (χ3v) is 8.19. The van der Waals surface area contributed by atoms with Crippen LogP contribution in [0.5, 0.6) is 5.75 Å². The fourth-order valence-corrected chi connectivity index (χ4v) is 6.07. The molecule has 2 aliphatic rings. The van der Waals surface area contributed by atoms with Gasteiger partial charge < -0.3 is 19.4 Å². The maximum Gasteiger partial charge on any atom is 0.340 e. The SMILES string of the molecule is CCn1c(C)c(C2(c3ccc(OC(C)N(C)C)cc3)OC(=O)c3cccc(C4=CC=CC=CN4)c32)c2ccccc21. The fourth-order valence-electron chi connectivity index (χ4n) is 6.07. The summed E-state index contributed by atoms with van der Waals surface area (Å²) in [7, 11) is 3.97. The predicted octanol–water partition coefficient (Wildman–Crippen LogP) is 6.73. The summed E-state index contributed by atoms with van der Waals surface area (Å²) >= 11 is 0. The Balaban J connectivity index is 1.67. The molecule has 0 spiro atoms. The van der Waals surface area contributed by atoms with Crippen LogP contribution in [-0.4, -0.2) is 35.8 Å². The van der Waals surface area contributed by atoms with Crippen molar-refractivity contribution in [3.63, 3.8) is 0 Å². The lowest BCUT2D eigenvalue weighted by Gasteiger charge is -2.33. The van der Waals surface area contributed by atoms with E-state index in [1.54, 1.807) is 0 Å². The number of carbonyl (C=O) groups excluding carboxylic acids is 1. The number of allylic oxidation sites excluding steroid dienone is 4. The molecule has 0 aliphatic carbocycles. The number of esters is 1. The first kappa shape index (κ1) is 26.7. The van der Waals surface area contributed by atoms with Crippen LogP contribution >= 0.6 is 0 Å². The summed E-state index contributed by atoms with van der Waals surface area (Å²) in [4.78, 5) is 15.8. The molecule has 2 unspecified atom stereocenters. The van der Waals surface area contributed by atoms with Gasteiger partial charge in [-0.3, -0.25) is 4.90 Å². The quantitative estimate of drug-likeness (QED) is 0.206. The van der Waals surface area contributed by atoms with E-state index >= 15 is 0 Å². The molecule has 3 heterocycles. The molecule has 0 radical (unpaired) electrons. The Morgan fingerprint density at radius 3 is 2.46 bits per heavy atom. The van der Waals surface area contributed by atoms with E-state index in [4.69, 9.17) is 9.47 Å². The van der Waals surface area contributed by atoms with Gasteiger partial charge in [0.25, 0.3) is 0 Å². The number of para-hydroxylation sites is 1. The largest absolute Gasteiger partial charge is 0.475 e. The zero-order valence-corrected chi connectivity index (χ0v) is 24.1. The van der Waals surface area contributed by atoms with Crippen LogP contribution < -0.4 is 10.1 Å². The molecule has 6 nitrogen and oxygen atoms in total. The van der Waals surface area contributed by atoms with E-state index in [2.05, 4.69) is 48.0 Å². The molecule has 208 valence electrons. The van der Waals surface area contributed by atoms with Crippen molar-refractivity contribution in [1.82, 2.24) is 14.8 Å². The van der Waals surface area contributed by atoms with Crippen LogP contribution in [0.25, 0.3) is 16.6 Å². The van der Waals surface area contributed by atoms with Gasteiger partial charge in [-0.15, -0.1) is 0 Å². The molecule has 41 heavy (non-hydrogen) atoms. The average molecular weight is 546 g/mol. The number of nitrogens with zero attached hydrogens (tertiary/aromatic N) is 2. The molecule has 2 aliphatic heterocycles. The molecular formula is C35H35N3O3. The van der Waals surface area contributed by atoms with Gasteiger partial charge in [0.2, 0.25) is 0 Å². The van der Waals surface area contributed by atoms with Crippen LogP contribution in [0.2, 0.25) is 0 Å². The van der Waals surface area contributed by atoms with E-state index in [0.29, 0.717) is 5.56 Å². The fraction of sp³-hybridized carbons (Fsp3) is 0.229. The highest BCUT2D eigenvalue weighted by molar-refractivity contribution is 6.00. The topological polar surface area (TPSA) is 55.7 Å². The first-order valence-corrected chi connectivity index (χ1v) is 14.1. The van der Waals surface area contributed by atoms with Crippen LogP contribution in [0.15, 0.2) is 97.2 Å². The molecule has 3 aromatic carbocycles. The number of benzene rings is 3. The molecule has 1 N–H and O–H groups in total. The van der Waals surface area contributed by atoms with E-state index in [-0.39, 0.29) is 12.2 Å². The molecular weight excluding hydrogens is 510 g/mol. The van der Waals surface area contributed by atoms with Gasteiger partial charge in [-0.1, -0.05) is 54.6 Å². The van der Waals surface area contributed by atoms with Crippen LogP contribution in [0.1, 0.15) is 52.2 Å². The molecule has 1 aromatic heterocycles. The van der Waals surface area contributed by atoms with E-state index < -0.39 is 5.60 Å². The second kappa shape index (κ2) is 10.5. The number of hydrogen-bond donors (Lipinski definition) is 1. The Hall–Kier alpha value is -4.55. The second-order valence-corrected chi connectivity index (χ2v) is 10.7. The first-order chi connectivity index (χ1) is 19.9. The molecule has 0 bridgehead atoms. The monoisotopic (exact) mass is 545 g/mol. The van der Waals surface area contributed by atoms with Crippen molar-refractivity contribution < 1.29 is 14.3 Å². The summed E-state index contributed by atoms with van der Waals surface area (Å²) in [5, 5.41) is 4.48. The van der Waals surface area contributed by atoms with E-state index in [1.807, 2.05) is 98.9 Å². The van der Waals surface area contributed by atoms with Crippen molar-refractivity contribution in [1.29, 1.82) is 0 Å². The minimum absolute atomic E-state index is 0.0921. The first-order valence-electron chi connectivity index (χ1n) is 14.1. The zero-order valence-electron chi connectivity index (χ0n) is 24.1. The van der Waals surface area contributed by atoms with Gasteiger partial charge in [0.15, 0.2) is 5.60 Å². The molecule has 6 rings (SSSR count). The Morgan fingerprint density at radius 1 is 0.951 bits per heavy atom. The molecule has 6 heteroatoms. The number of aryl methyl sites for hydroxylation is 1. The van der Waals surface area contributed by atoms with Gasteiger partial charge in [0, 0.05) is 57.3 Å². The standard InChI is InChI=1S/C35H35N3O3/c1-6-38-23(2)32(28-13-9-10-17-31(28)38)35(25-18-20-26(21-19-25)40-24(3)37(4)5)33-27(30-16-8-7-11-22-36-30)14-12-15-29(33)34(39)41-35/h7-22,24,36H,6H2,1-5H3. The Labute approximate surface area is 241 Å². The minimum Gasteiger partial charge on any atom is -0.475 e. The highest BCUT2D eigenvalue weighted by atomic mass is 16.6. The number of aromatic nitrogens is 1. The third kappa shape index (κ3) is 4.26. The lowest BCUT2D eigenvalue weighted by Crippen LogP contribution is -2.32. The van der Waals surface area contributed by atoms with E-state index in [9.17, 15) is 4.79 Å². The molecule has 0 amide bonds. The van der Waals surface area contributed by atoms with Crippen LogP contribution in [0.3, 0.4) is 0 Å². The molecule has 0 saturated heterocycles. The smallest absolute Gasteiger partial charge is 0.340 e. The summed E-state index contributed by atoms with van der Waals surface area (Å²) < 4.78 is 15.1. The number of carbonyl (C=O) groups is 1. The van der Waals surface area contributed by atoms with Crippen molar-refractivity contribution >= 4 is 22.6 Å². The number of rotatable bonds is 7. The van der Waals surface area contributed by atoms with Crippen molar-refractivity contribution in [2.75, 3.05) is 14.1 Å². The van der Waals surface area contributed by atoms with Crippen molar-refractivity contribution in [2.45, 2.75) is 39.1 Å². The maximum absolute atomic E-state index is 13.8. The zero-order chi connectivity index (χ0) is 28.7. The van der Waals surface area contributed by atoms with Crippen LogP contribution in [0, 0.1) is 6.92 Å². The molecule has 0 fully saturated rings.